The van der Waals surface area contributed by atoms with Gasteiger partial charge in [0.2, 0.25) is 5.91 Å². The van der Waals surface area contributed by atoms with E-state index in [9.17, 15) is 4.79 Å². The minimum absolute atomic E-state index is 0.0463. The molecule has 2 aliphatic rings. The molecule has 2 rings (SSSR count). The largest absolute Gasteiger partial charge is 0.381 e. The van der Waals surface area contributed by atoms with E-state index < -0.39 is 0 Å². The van der Waals surface area contributed by atoms with Gasteiger partial charge in [0.25, 0.3) is 0 Å². The van der Waals surface area contributed by atoms with Gasteiger partial charge in [-0.15, -0.1) is 0 Å². The van der Waals surface area contributed by atoms with E-state index in [-0.39, 0.29) is 11.9 Å². The van der Waals surface area contributed by atoms with Crippen LogP contribution in [0.25, 0.3) is 0 Å². The predicted molar refractivity (Wildman–Crippen MR) is 66.8 cm³/mol. The lowest BCUT2D eigenvalue weighted by molar-refractivity contribution is -0.132. The number of ether oxygens (including phenoxy) is 1. The standard InChI is InChI=1S/C13H24N2O2/c1-11(13(16)15-6-2-3-7-15)14-9-12-5-4-8-17-10-12/h11-12,14H,2-10H2,1H3. The molecule has 17 heavy (non-hydrogen) atoms. The Morgan fingerprint density at radius 2 is 2.18 bits per heavy atom. The van der Waals surface area contributed by atoms with Crippen LogP contribution in [0.1, 0.15) is 32.6 Å². The van der Waals surface area contributed by atoms with Crippen molar-refractivity contribution in [2.75, 3.05) is 32.8 Å². The zero-order chi connectivity index (χ0) is 12.1. The SMILES string of the molecule is CC(NCC1CCCOC1)C(=O)N1CCCC1. The number of hydrogen-bond acceptors (Lipinski definition) is 3. The Kier molecular flexibility index (Phi) is 4.80. The smallest absolute Gasteiger partial charge is 0.239 e. The van der Waals surface area contributed by atoms with Crippen LogP contribution in [0.4, 0.5) is 0 Å². The first kappa shape index (κ1) is 12.8. The van der Waals surface area contributed by atoms with Crippen molar-refractivity contribution in [3.8, 4) is 0 Å². The fraction of sp³-hybridized carbons (Fsp3) is 0.923. The number of likely N-dealkylation sites (tertiary alicyclic amines) is 1. The molecule has 0 aromatic heterocycles. The van der Waals surface area contributed by atoms with Crippen molar-refractivity contribution in [1.82, 2.24) is 10.2 Å². The van der Waals surface area contributed by atoms with Crippen LogP contribution in [-0.4, -0.2) is 49.7 Å². The summed E-state index contributed by atoms with van der Waals surface area (Å²) in [6.45, 7) is 6.51. The van der Waals surface area contributed by atoms with E-state index in [0.29, 0.717) is 5.92 Å². The van der Waals surface area contributed by atoms with Crippen molar-refractivity contribution >= 4 is 5.91 Å². The molecule has 0 radical (unpaired) electrons. The highest BCUT2D eigenvalue weighted by molar-refractivity contribution is 5.81. The predicted octanol–water partition coefficient (Wildman–Crippen LogP) is 1.01. The molecule has 4 nitrogen and oxygen atoms in total. The molecule has 0 saturated carbocycles. The van der Waals surface area contributed by atoms with Crippen LogP contribution in [0.5, 0.6) is 0 Å². The third-order valence-corrected chi connectivity index (χ3v) is 3.76. The molecule has 1 N–H and O–H groups in total. The Labute approximate surface area is 104 Å². The molecule has 2 unspecified atom stereocenters. The third-order valence-electron chi connectivity index (χ3n) is 3.76. The van der Waals surface area contributed by atoms with Crippen molar-refractivity contribution in [2.24, 2.45) is 5.92 Å². The Bertz CT molecular complexity index is 246. The number of nitrogens with zero attached hydrogens (tertiary/aromatic N) is 1. The molecule has 2 saturated heterocycles. The van der Waals surface area contributed by atoms with Crippen LogP contribution in [0, 0.1) is 5.92 Å². The molecule has 2 fully saturated rings. The second kappa shape index (κ2) is 6.36. The molecule has 1 amide bonds. The van der Waals surface area contributed by atoms with E-state index in [4.69, 9.17) is 4.74 Å². The van der Waals surface area contributed by atoms with Gasteiger partial charge in [-0.3, -0.25) is 4.79 Å². The number of carbonyl (C=O) groups is 1. The summed E-state index contributed by atoms with van der Waals surface area (Å²) in [5.74, 6) is 0.844. The fourth-order valence-electron chi connectivity index (χ4n) is 2.61. The highest BCUT2D eigenvalue weighted by Crippen LogP contribution is 2.13. The van der Waals surface area contributed by atoms with Crippen molar-refractivity contribution in [1.29, 1.82) is 0 Å². The number of carbonyl (C=O) groups excluding carboxylic acids is 1. The molecule has 0 spiro atoms. The molecule has 4 heteroatoms. The Hall–Kier alpha value is -0.610. The zero-order valence-corrected chi connectivity index (χ0v) is 10.8. The first-order chi connectivity index (χ1) is 8.27. The van der Waals surface area contributed by atoms with Crippen LogP contribution in [0.3, 0.4) is 0 Å². The number of hydrogen-bond donors (Lipinski definition) is 1. The molecule has 0 aromatic carbocycles. The second-order valence-corrected chi connectivity index (χ2v) is 5.25. The fourth-order valence-corrected chi connectivity index (χ4v) is 2.61. The average molecular weight is 240 g/mol. The van der Waals surface area contributed by atoms with Crippen molar-refractivity contribution < 1.29 is 9.53 Å². The lowest BCUT2D eigenvalue weighted by Gasteiger charge is -2.26. The van der Waals surface area contributed by atoms with E-state index in [2.05, 4.69) is 5.32 Å². The van der Waals surface area contributed by atoms with Gasteiger partial charge in [0.15, 0.2) is 0 Å². The van der Waals surface area contributed by atoms with Gasteiger partial charge in [0.05, 0.1) is 12.6 Å². The average Bonchev–Trinajstić information content (AvgIpc) is 2.90. The molecule has 98 valence electrons. The number of amides is 1. The normalized spacial score (nSPS) is 27.1. The van der Waals surface area contributed by atoms with Gasteiger partial charge in [-0.1, -0.05) is 0 Å². The minimum Gasteiger partial charge on any atom is -0.381 e. The molecule has 0 aliphatic carbocycles. The van der Waals surface area contributed by atoms with Crippen LogP contribution in [0.2, 0.25) is 0 Å². The Morgan fingerprint density at radius 1 is 1.41 bits per heavy atom. The number of nitrogens with one attached hydrogen (secondary N) is 1. The molecule has 2 atom stereocenters. The monoisotopic (exact) mass is 240 g/mol. The summed E-state index contributed by atoms with van der Waals surface area (Å²) in [6.07, 6.45) is 4.70. The van der Waals surface area contributed by atoms with Crippen LogP contribution >= 0.6 is 0 Å². The summed E-state index contributed by atoms with van der Waals surface area (Å²) in [7, 11) is 0. The molecular formula is C13H24N2O2. The highest BCUT2D eigenvalue weighted by Gasteiger charge is 2.23. The summed E-state index contributed by atoms with van der Waals surface area (Å²) in [4.78, 5) is 14.0. The first-order valence-electron chi connectivity index (χ1n) is 6.87. The van der Waals surface area contributed by atoms with E-state index >= 15 is 0 Å². The minimum atomic E-state index is -0.0463. The molecule has 0 bridgehead atoms. The second-order valence-electron chi connectivity index (χ2n) is 5.25. The Balaban J connectivity index is 1.68. The summed E-state index contributed by atoms with van der Waals surface area (Å²) in [5.41, 5.74) is 0. The van der Waals surface area contributed by atoms with Gasteiger partial charge in [0, 0.05) is 26.2 Å². The van der Waals surface area contributed by atoms with Gasteiger partial charge in [0.1, 0.15) is 0 Å². The molecule has 2 heterocycles. The van der Waals surface area contributed by atoms with Crippen LogP contribution in [-0.2, 0) is 9.53 Å². The van der Waals surface area contributed by atoms with E-state index in [1.54, 1.807) is 0 Å². The van der Waals surface area contributed by atoms with E-state index in [1.165, 1.54) is 6.42 Å². The molecule has 0 aromatic rings. The van der Waals surface area contributed by atoms with Gasteiger partial charge in [-0.05, 0) is 38.5 Å². The zero-order valence-electron chi connectivity index (χ0n) is 10.8. The van der Waals surface area contributed by atoms with E-state index in [0.717, 1.165) is 52.1 Å². The number of rotatable bonds is 4. The maximum absolute atomic E-state index is 12.1. The van der Waals surface area contributed by atoms with Crippen molar-refractivity contribution in [3.63, 3.8) is 0 Å². The Morgan fingerprint density at radius 3 is 2.82 bits per heavy atom. The summed E-state index contributed by atoms with van der Waals surface area (Å²) >= 11 is 0. The lowest BCUT2D eigenvalue weighted by atomic mass is 10.0. The van der Waals surface area contributed by atoms with Crippen molar-refractivity contribution in [2.45, 2.75) is 38.6 Å². The summed E-state index contributed by atoms with van der Waals surface area (Å²) < 4.78 is 5.44. The summed E-state index contributed by atoms with van der Waals surface area (Å²) in [5, 5.41) is 3.36. The van der Waals surface area contributed by atoms with Crippen molar-refractivity contribution in [3.05, 3.63) is 0 Å². The first-order valence-corrected chi connectivity index (χ1v) is 6.87. The lowest BCUT2D eigenvalue weighted by Crippen LogP contribution is -2.45. The van der Waals surface area contributed by atoms with Crippen LogP contribution in [0.15, 0.2) is 0 Å². The van der Waals surface area contributed by atoms with Crippen LogP contribution < -0.4 is 5.32 Å². The summed E-state index contributed by atoms with van der Waals surface area (Å²) in [6, 6.07) is -0.0463. The maximum atomic E-state index is 12.1. The van der Waals surface area contributed by atoms with E-state index in [1.807, 2.05) is 11.8 Å². The third kappa shape index (κ3) is 3.68. The molecular weight excluding hydrogens is 216 g/mol. The maximum Gasteiger partial charge on any atom is 0.239 e. The van der Waals surface area contributed by atoms with Gasteiger partial charge >= 0.3 is 0 Å². The highest BCUT2D eigenvalue weighted by atomic mass is 16.5. The topological polar surface area (TPSA) is 41.6 Å². The molecule has 2 aliphatic heterocycles. The van der Waals surface area contributed by atoms with Gasteiger partial charge in [-0.2, -0.15) is 0 Å². The van der Waals surface area contributed by atoms with Gasteiger partial charge in [-0.25, -0.2) is 0 Å². The van der Waals surface area contributed by atoms with Gasteiger partial charge < -0.3 is 15.0 Å². The quantitative estimate of drug-likeness (QED) is 0.797.